The number of hydrogen-bond donors (Lipinski definition) is 4. The zero-order valence-electron chi connectivity index (χ0n) is 17.6. The van der Waals surface area contributed by atoms with E-state index < -0.39 is 35.6 Å². The lowest BCUT2D eigenvalue weighted by atomic mass is 10.0. The average Bonchev–Trinajstić information content (AvgIpc) is 3.25. The number of urea groups is 1. The summed E-state index contributed by atoms with van der Waals surface area (Å²) in [6.45, 7) is 3.28. The van der Waals surface area contributed by atoms with Crippen LogP contribution >= 0.6 is 0 Å². The fraction of sp³-hybridized carbons (Fsp3) is 0.182. The van der Waals surface area contributed by atoms with Gasteiger partial charge in [-0.3, -0.25) is 4.79 Å². The Morgan fingerprint density at radius 3 is 2.24 bits per heavy atom. The molecule has 0 radical (unpaired) electrons. The average molecular weight is 458 g/mol. The number of amides is 3. The van der Waals surface area contributed by atoms with E-state index in [-0.39, 0.29) is 34.3 Å². The lowest BCUT2D eigenvalue weighted by Crippen LogP contribution is -2.44. The molecule has 3 aromatic rings. The summed E-state index contributed by atoms with van der Waals surface area (Å²) in [6.07, 6.45) is 0. The molecular weight excluding hydrogens is 438 g/mol. The van der Waals surface area contributed by atoms with Gasteiger partial charge in [0.2, 0.25) is 5.76 Å². The number of halogens is 2. The molecule has 0 bridgehead atoms. The number of aromatic nitrogens is 1. The summed E-state index contributed by atoms with van der Waals surface area (Å²) >= 11 is 0. The van der Waals surface area contributed by atoms with Gasteiger partial charge in [0, 0.05) is 11.6 Å². The number of carbonyl (C=O) groups is 3. The molecular formula is C22H20F2N4O5. The molecule has 3 amide bonds. The van der Waals surface area contributed by atoms with Gasteiger partial charge in [-0.15, -0.1) is 0 Å². The van der Waals surface area contributed by atoms with E-state index in [0.29, 0.717) is 0 Å². The molecule has 0 spiro atoms. The predicted molar refractivity (Wildman–Crippen MR) is 115 cm³/mol. The topological polar surface area (TPSA) is 134 Å². The van der Waals surface area contributed by atoms with Crippen molar-refractivity contribution in [2.75, 3.05) is 10.6 Å². The minimum absolute atomic E-state index is 0.0666. The van der Waals surface area contributed by atoms with Crippen molar-refractivity contribution in [3.05, 3.63) is 65.9 Å². The van der Waals surface area contributed by atoms with Crippen LogP contribution in [-0.4, -0.2) is 34.2 Å². The Kier molecular flexibility index (Phi) is 7.01. The van der Waals surface area contributed by atoms with E-state index in [1.807, 2.05) is 0 Å². The minimum atomic E-state index is -1.19. The largest absolute Gasteiger partial charge is 0.480 e. The molecule has 1 heterocycles. The van der Waals surface area contributed by atoms with Crippen molar-refractivity contribution in [2.24, 2.45) is 5.92 Å². The molecule has 11 heteroatoms. The minimum Gasteiger partial charge on any atom is -0.480 e. The molecule has 4 N–H and O–H groups in total. The van der Waals surface area contributed by atoms with Crippen molar-refractivity contribution >= 4 is 29.3 Å². The summed E-state index contributed by atoms with van der Waals surface area (Å²) in [5.41, 5.74) is 0.130. The van der Waals surface area contributed by atoms with Crippen molar-refractivity contribution in [2.45, 2.75) is 19.9 Å². The van der Waals surface area contributed by atoms with Gasteiger partial charge >= 0.3 is 12.0 Å². The third-order valence-corrected chi connectivity index (χ3v) is 4.59. The van der Waals surface area contributed by atoms with Crippen LogP contribution in [0, 0.1) is 17.6 Å². The summed E-state index contributed by atoms with van der Waals surface area (Å²) in [5, 5.41) is 19.8. The van der Waals surface area contributed by atoms with Crippen molar-refractivity contribution in [1.82, 2.24) is 10.5 Å². The normalized spacial score (nSPS) is 11.7. The van der Waals surface area contributed by atoms with E-state index in [4.69, 9.17) is 4.52 Å². The van der Waals surface area contributed by atoms with Gasteiger partial charge < -0.3 is 25.6 Å². The summed E-state index contributed by atoms with van der Waals surface area (Å²) in [5.74, 6) is -4.03. The summed E-state index contributed by atoms with van der Waals surface area (Å²) in [4.78, 5) is 35.5. The predicted octanol–water partition coefficient (Wildman–Crippen LogP) is 4.10. The Morgan fingerprint density at radius 2 is 1.64 bits per heavy atom. The second-order valence-corrected chi connectivity index (χ2v) is 7.36. The molecule has 0 aliphatic carbocycles. The quantitative estimate of drug-likeness (QED) is 0.421. The van der Waals surface area contributed by atoms with Gasteiger partial charge in [-0.05, 0) is 30.2 Å². The number of para-hydroxylation sites is 1. The monoisotopic (exact) mass is 458 g/mol. The molecule has 1 atom stereocenters. The Hall–Kier alpha value is -4.28. The van der Waals surface area contributed by atoms with Crippen LogP contribution in [0.4, 0.5) is 25.0 Å². The number of carbonyl (C=O) groups excluding carboxylic acids is 2. The summed E-state index contributed by atoms with van der Waals surface area (Å²) in [6, 6.07) is 8.54. The number of anilines is 2. The lowest BCUT2D eigenvalue weighted by molar-refractivity contribution is -0.140. The molecule has 0 aliphatic rings. The standard InChI is InChI=1S/C22H20F2N4O5/c1-11(2)19(21(30)31)27-20(29)18-10-17(28-33-18)12-7-8-16(14(24)9-12)26-22(32)25-15-6-4-3-5-13(15)23/h3-11,19H,1-2H3,(H,27,29)(H,30,31)(H2,25,26,32). The van der Waals surface area contributed by atoms with Crippen LogP contribution in [0.2, 0.25) is 0 Å². The number of hydrogen-bond acceptors (Lipinski definition) is 5. The second-order valence-electron chi connectivity index (χ2n) is 7.36. The van der Waals surface area contributed by atoms with Crippen molar-refractivity contribution < 1.29 is 32.8 Å². The molecule has 0 fully saturated rings. The fourth-order valence-electron chi connectivity index (χ4n) is 2.86. The lowest BCUT2D eigenvalue weighted by Gasteiger charge is -2.16. The fourth-order valence-corrected chi connectivity index (χ4v) is 2.86. The van der Waals surface area contributed by atoms with E-state index in [9.17, 15) is 28.3 Å². The van der Waals surface area contributed by atoms with Crippen LogP contribution in [0.1, 0.15) is 24.4 Å². The molecule has 0 aliphatic heterocycles. The van der Waals surface area contributed by atoms with Crippen LogP contribution < -0.4 is 16.0 Å². The van der Waals surface area contributed by atoms with Crippen LogP contribution in [0.5, 0.6) is 0 Å². The molecule has 1 unspecified atom stereocenters. The van der Waals surface area contributed by atoms with E-state index in [0.717, 1.165) is 6.07 Å². The number of carboxylic acids is 1. The van der Waals surface area contributed by atoms with Crippen LogP contribution in [0.3, 0.4) is 0 Å². The molecule has 3 rings (SSSR count). The van der Waals surface area contributed by atoms with Gasteiger partial charge in [-0.1, -0.05) is 37.2 Å². The third-order valence-electron chi connectivity index (χ3n) is 4.59. The Labute approximate surface area is 186 Å². The summed E-state index contributed by atoms with van der Waals surface area (Å²) < 4.78 is 33.1. The van der Waals surface area contributed by atoms with Gasteiger partial charge in [0.05, 0.1) is 11.4 Å². The number of nitrogens with one attached hydrogen (secondary N) is 3. The van der Waals surface area contributed by atoms with Gasteiger partial charge in [0.15, 0.2) is 0 Å². The first-order valence-corrected chi connectivity index (χ1v) is 9.78. The third kappa shape index (κ3) is 5.70. The highest BCUT2D eigenvalue weighted by molar-refractivity contribution is 6.00. The van der Waals surface area contributed by atoms with Crippen molar-refractivity contribution in [3.8, 4) is 11.3 Å². The van der Waals surface area contributed by atoms with E-state index in [2.05, 4.69) is 21.1 Å². The maximum atomic E-state index is 14.5. The second kappa shape index (κ2) is 9.90. The molecule has 0 saturated carbocycles. The Morgan fingerprint density at radius 1 is 0.970 bits per heavy atom. The van der Waals surface area contributed by atoms with Crippen LogP contribution in [-0.2, 0) is 4.79 Å². The summed E-state index contributed by atoms with van der Waals surface area (Å²) in [7, 11) is 0. The number of nitrogens with zero attached hydrogens (tertiary/aromatic N) is 1. The van der Waals surface area contributed by atoms with Crippen molar-refractivity contribution in [3.63, 3.8) is 0 Å². The first-order chi connectivity index (χ1) is 15.7. The maximum absolute atomic E-state index is 14.5. The van der Waals surface area contributed by atoms with Crippen LogP contribution in [0.25, 0.3) is 11.3 Å². The number of benzene rings is 2. The zero-order valence-corrected chi connectivity index (χ0v) is 17.6. The number of carboxylic acid groups (broad SMARTS) is 1. The smallest absolute Gasteiger partial charge is 0.326 e. The van der Waals surface area contributed by atoms with Gasteiger partial charge in [-0.2, -0.15) is 0 Å². The van der Waals surface area contributed by atoms with Gasteiger partial charge in [-0.25, -0.2) is 18.4 Å². The molecule has 2 aromatic carbocycles. The SMILES string of the molecule is CC(C)C(NC(=O)c1cc(-c2ccc(NC(=O)Nc3ccccc3F)c(F)c2)no1)C(=O)O. The number of aliphatic carboxylic acids is 1. The Bertz CT molecular complexity index is 1200. The van der Waals surface area contributed by atoms with E-state index in [1.165, 1.54) is 42.5 Å². The highest BCUT2D eigenvalue weighted by Crippen LogP contribution is 2.25. The highest BCUT2D eigenvalue weighted by Gasteiger charge is 2.26. The molecule has 0 saturated heterocycles. The van der Waals surface area contributed by atoms with Crippen LogP contribution in [0.15, 0.2) is 53.1 Å². The number of rotatable bonds is 7. The molecule has 172 valence electrons. The molecule has 1 aromatic heterocycles. The van der Waals surface area contributed by atoms with Gasteiger partial charge in [0.1, 0.15) is 23.4 Å². The Balaban J connectivity index is 1.69. The molecule has 9 nitrogen and oxygen atoms in total. The first kappa shape index (κ1) is 23.4. The molecule has 33 heavy (non-hydrogen) atoms. The van der Waals surface area contributed by atoms with E-state index >= 15 is 0 Å². The highest BCUT2D eigenvalue weighted by atomic mass is 19.1. The first-order valence-electron chi connectivity index (χ1n) is 9.78. The van der Waals surface area contributed by atoms with Crippen molar-refractivity contribution in [1.29, 1.82) is 0 Å². The van der Waals surface area contributed by atoms with Gasteiger partial charge in [0.25, 0.3) is 5.91 Å². The van der Waals surface area contributed by atoms with E-state index in [1.54, 1.807) is 13.8 Å². The zero-order chi connectivity index (χ0) is 24.1. The maximum Gasteiger partial charge on any atom is 0.326 e.